The zero-order chi connectivity index (χ0) is 16.8. The van der Waals surface area contributed by atoms with Crippen LogP contribution in [-0.4, -0.2) is 43.0 Å². The molecule has 6 heteroatoms. The Labute approximate surface area is 138 Å². The van der Waals surface area contributed by atoms with Crippen molar-refractivity contribution in [1.82, 2.24) is 9.62 Å². The Hall–Kier alpha value is -1.40. The number of aryl methyl sites for hydroxylation is 2. The van der Waals surface area contributed by atoms with Gasteiger partial charge in [0.1, 0.15) is 0 Å². The summed E-state index contributed by atoms with van der Waals surface area (Å²) in [6.45, 7) is 4.02. The third-order valence-corrected chi connectivity index (χ3v) is 6.52. The van der Waals surface area contributed by atoms with Crippen molar-refractivity contribution in [2.75, 3.05) is 6.26 Å². The van der Waals surface area contributed by atoms with Crippen LogP contribution >= 0.6 is 0 Å². The molecule has 3 atom stereocenters. The highest BCUT2D eigenvalue weighted by Gasteiger charge is 2.45. The van der Waals surface area contributed by atoms with Crippen LogP contribution in [-0.2, 0) is 10.0 Å². The van der Waals surface area contributed by atoms with Crippen molar-refractivity contribution >= 4 is 15.9 Å². The molecule has 0 aromatic heterocycles. The van der Waals surface area contributed by atoms with E-state index in [0.29, 0.717) is 18.4 Å². The van der Waals surface area contributed by atoms with Crippen LogP contribution < -0.4 is 5.32 Å². The summed E-state index contributed by atoms with van der Waals surface area (Å²) in [5.41, 5.74) is 2.94. The molecule has 0 radical (unpaired) electrons. The number of hydrogen-bond donors (Lipinski definition) is 1. The van der Waals surface area contributed by atoms with Gasteiger partial charge in [0.2, 0.25) is 10.0 Å². The van der Waals surface area contributed by atoms with Gasteiger partial charge in [-0.2, -0.15) is 4.31 Å². The Kier molecular flexibility index (Phi) is 4.23. The summed E-state index contributed by atoms with van der Waals surface area (Å²) in [5.74, 6) is -0.0645. The maximum absolute atomic E-state index is 12.4. The van der Waals surface area contributed by atoms with Crippen LogP contribution in [0.4, 0.5) is 0 Å². The summed E-state index contributed by atoms with van der Waals surface area (Å²) in [4.78, 5) is 12.4. The zero-order valence-electron chi connectivity index (χ0n) is 13.9. The Balaban J connectivity index is 1.69. The second-order valence-electron chi connectivity index (χ2n) is 6.92. The monoisotopic (exact) mass is 336 g/mol. The molecule has 0 spiro atoms. The number of carbonyl (C=O) groups excluding carboxylic acids is 1. The predicted molar refractivity (Wildman–Crippen MR) is 89.9 cm³/mol. The van der Waals surface area contributed by atoms with E-state index in [1.807, 2.05) is 32.0 Å². The van der Waals surface area contributed by atoms with E-state index in [-0.39, 0.29) is 24.0 Å². The lowest BCUT2D eigenvalue weighted by Gasteiger charge is -2.37. The molecule has 0 aliphatic carbocycles. The summed E-state index contributed by atoms with van der Waals surface area (Å²) in [7, 11) is -3.16. The van der Waals surface area contributed by atoms with E-state index in [1.165, 1.54) is 11.8 Å². The number of piperidine rings is 1. The zero-order valence-corrected chi connectivity index (χ0v) is 14.7. The second-order valence-corrected chi connectivity index (χ2v) is 8.81. The summed E-state index contributed by atoms with van der Waals surface area (Å²) in [6, 6.07) is 5.84. The standard InChI is InChI=1S/C17H24N2O3S/c1-11-4-5-13(8-12(11)2)17(20)18-14-9-15-6-7-16(10-14)19(15)23(3,21)22/h4-5,8,14-16H,6-7,9-10H2,1-3H3,(H,18,20)/t14?,15-,16+. The third-order valence-electron chi connectivity index (χ3n) is 5.15. The molecule has 1 N–H and O–H groups in total. The van der Waals surface area contributed by atoms with Crippen molar-refractivity contribution in [2.45, 2.75) is 57.7 Å². The van der Waals surface area contributed by atoms with Gasteiger partial charge in [-0.3, -0.25) is 4.79 Å². The van der Waals surface area contributed by atoms with Gasteiger partial charge in [0.15, 0.2) is 0 Å². The highest BCUT2D eigenvalue weighted by molar-refractivity contribution is 7.88. The quantitative estimate of drug-likeness (QED) is 0.918. The summed E-state index contributed by atoms with van der Waals surface area (Å²) in [6.07, 6.45) is 4.49. The summed E-state index contributed by atoms with van der Waals surface area (Å²) in [5, 5.41) is 3.09. The van der Waals surface area contributed by atoms with Crippen molar-refractivity contribution in [1.29, 1.82) is 0 Å². The van der Waals surface area contributed by atoms with E-state index in [1.54, 1.807) is 4.31 Å². The van der Waals surface area contributed by atoms with Gasteiger partial charge in [0.25, 0.3) is 5.91 Å². The number of fused-ring (bicyclic) bond motifs is 2. The maximum Gasteiger partial charge on any atom is 0.251 e. The van der Waals surface area contributed by atoms with Crippen LogP contribution in [0, 0.1) is 13.8 Å². The van der Waals surface area contributed by atoms with Crippen molar-refractivity contribution in [2.24, 2.45) is 0 Å². The third kappa shape index (κ3) is 3.28. The van der Waals surface area contributed by atoms with Crippen LogP contribution in [0.25, 0.3) is 0 Å². The first kappa shape index (κ1) is 16.5. The number of rotatable bonds is 3. The topological polar surface area (TPSA) is 66.5 Å². The van der Waals surface area contributed by atoms with Gasteiger partial charge >= 0.3 is 0 Å². The van der Waals surface area contributed by atoms with E-state index in [0.717, 1.165) is 18.4 Å². The first-order valence-corrected chi connectivity index (χ1v) is 9.97. The van der Waals surface area contributed by atoms with Crippen molar-refractivity contribution in [3.63, 3.8) is 0 Å². The summed E-state index contributed by atoms with van der Waals surface area (Å²) >= 11 is 0. The molecule has 2 fully saturated rings. The molecule has 3 rings (SSSR count). The number of carbonyl (C=O) groups is 1. The molecular weight excluding hydrogens is 312 g/mol. The number of nitrogens with one attached hydrogen (secondary N) is 1. The van der Waals surface area contributed by atoms with Crippen LogP contribution in [0.1, 0.15) is 47.2 Å². The van der Waals surface area contributed by atoms with E-state index >= 15 is 0 Å². The largest absolute Gasteiger partial charge is 0.349 e. The van der Waals surface area contributed by atoms with Crippen molar-refractivity contribution in [3.8, 4) is 0 Å². The Morgan fingerprint density at radius 1 is 1.13 bits per heavy atom. The lowest BCUT2D eigenvalue weighted by atomic mass is 9.99. The van der Waals surface area contributed by atoms with Gasteiger partial charge in [-0.15, -0.1) is 0 Å². The first-order valence-electron chi connectivity index (χ1n) is 8.12. The number of benzene rings is 1. The molecule has 1 aromatic rings. The molecule has 1 unspecified atom stereocenters. The number of hydrogen-bond acceptors (Lipinski definition) is 3. The van der Waals surface area contributed by atoms with Crippen LogP contribution in [0.3, 0.4) is 0 Å². The average Bonchev–Trinajstić information content (AvgIpc) is 2.74. The molecule has 23 heavy (non-hydrogen) atoms. The fourth-order valence-electron chi connectivity index (χ4n) is 3.94. The minimum atomic E-state index is -3.16. The molecule has 2 bridgehead atoms. The van der Waals surface area contributed by atoms with Gasteiger partial charge in [-0.05, 0) is 62.8 Å². The molecular formula is C17H24N2O3S. The molecule has 126 valence electrons. The van der Waals surface area contributed by atoms with E-state index in [9.17, 15) is 13.2 Å². The molecule has 1 amide bonds. The number of sulfonamides is 1. The number of nitrogens with zero attached hydrogens (tertiary/aromatic N) is 1. The van der Waals surface area contributed by atoms with Crippen LogP contribution in [0.2, 0.25) is 0 Å². The normalized spacial score (nSPS) is 27.9. The van der Waals surface area contributed by atoms with Gasteiger partial charge in [-0.1, -0.05) is 6.07 Å². The van der Waals surface area contributed by atoms with E-state index in [4.69, 9.17) is 0 Å². The smallest absolute Gasteiger partial charge is 0.251 e. The molecule has 2 aliphatic heterocycles. The van der Waals surface area contributed by atoms with Gasteiger partial charge in [-0.25, -0.2) is 8.42 Å². The van der Waals surface area contributed by atoms with Crippen LogP contribution in [0.5, 0.6) is 0 Å². The first-order chi connectivity index (χ1) is 10.8. The lowest BCUT2D eigenvalue weighted by Crippen LogP contribution is -2.52. The van der Waals surface area contributed by atoms with Crippen molar-refractivity contribution in [3.05, 3.63) is 34.9 Å². The maximum atomic E-state index is 12.4. The fraction of sp³-hybridized carbons (Fsp3) is 0.588. The number of amides is 1. The fourth-order valence-corrected chi connectivity index (χ4v) is 5.41. The molecule has 0 saturated carbocycles. The average molecular weight is 336 g/mol. The van der Waals surface area contributed by atoms with Crippen LogP contribution in [0.15, 0.2) is 18.2 Å². The molecule has 2 saturated heterocycles. The second kappa shape index (κ2) is 5.91. The minimum absolute atomic E-state index is 0.0359. The Morgan fingerprint density at radius 3 is 2.26 bits per heavy atom. The molecule has 2 heterocycles. The minimum Gasteiger partial charge on any atom is -0.349 e. The molecule has 5 nitrogen and oxygen atoms in total. The highest BCUT2D eigenvalue weighted by atomic mass is 32.2. The lowest BCUT2D eigenvalue weighted by molar-refractivity contribution is 0.0909. The molecule has 1 aromatic carbocycles. The van der Waals surface area contributed by atoms with Gasteiger partial charge < -0.3 is 5.32 Å². The summed E-state index contributed by atoms with van der Waals surface area (Å²) < 4.78 is 25.5. The van der Waals surface area contributed by atoms with Crippen molar-refractivity contribution < 1.29 is 13.2 Å². The Morgan fingerprint density at radius 2 is 1.74 bits per heavy atom. The van der Waals surface area contributed by atoms with E-state index in [2.05, 4.69) is 5.32 Å². The Bertz CT molecular complexity index is 715. The van der Waals surface area contributed by atoms with E-state index < -0.39 is 10.0 Å². The SMILES string of the molecule is Cc1ccc(C(=O)NC2C[C@H]3CC[C@@H](C2)N3S(C)(=O)=O)cc1C. The van der Waals surface area contributed by atoms with Gasteiger partial charge in [0, 0.05) is 23.7 Å². The van der Waals surface area contributed by atoms with Gasteiger partial charge in [0.05, 0.1) is 6.26 Å². The predicted octanol–water partition coefficient (Wildman–Crippen LogP) is 1.99. The molecule has 2 aliphatic rings. The highest BCUT2D eigenvalue weighted by Crippen LogP contribution is 2.37.